The van der Waals surface area contributed by atoms with Gasteiger partial charge in [-0.1, -0.05) is 0 Å². The lowest BCUT2D eigenvalue weighted by Crippen LogP contribution is -1.86. The first-order valence-corrected chi connectivity index (χ1v) is 6.80. The first-order valence-electron chi connectivity index (χ1n) is 6.80. The van der Waals surface area contributed by atoms with Gasteiger partial charge in [-0.3, -0.25) is 20.2 Å². The van der Waals surface area contributed by atoms with E-state index in [1.54, 1.807) is 12.1 Å². The molecule has 4 rings (SSSR count). The number of non-ortho nitro benzene ring substituents is 2. The molecule has 2 N–H and O–H groups in total. The van der Waals surface area contributed by atoms with Crippen molar-refractivity contribution in [2.24, 2.45) is 0 Å². The molecule has 0 aliphatic rings. The van der Waals surface area contributed by atoms with Crippen molar-refractivity contribution in [3.05, 3.63) is 56.6 Å². The zero-order valence-electron chi connectivity index (χ0n) is 11.9. The fraction of sp³-hybridized carbons (Fsp3) is 0. The minimum Gasteiger partial charge on any atom is -0.335 e. The van der Waals surface area contributed by atoms with Gasteiger partial charge in [-0.25, -0.2) is 9.97 Å². The molecule has 0 saturated heterocycles. The van der Waals surface area contributed by atoms with Crippen LogP contribution in [0.5, 0.6) is 0 Å². The summed E-state index contributed by atoms with van der Waals surface area (Å²) in [5, 5.41) is 21.6. The minimum atomic E-state index is -0.486. The molecule has 0 spiro atoms. The van der Waals surface area contributed by atoms with E-state index in [1.165, 1.54) is 24.3 Å². The van der Waals surface area contributed by atoms with E-state index in [0.717, 1.165) is 0 Å². The highest BCUT2D eigenvalue weighted by molar-refractivity contribution is 5.84. The number of nitro benzene ring substituents is 2. The van der Waals surface area contributed by atoms with Gasteiger partial charge >= 0.3 is 0 Å². The lowest BCUT2D eigenvalue weighted by molar-refractivity contribution is -0.384. The smallest absolute Gasteiger partial charge is 0.271 e. The van der Waals surface area contributed by atoms with Crippen LogP contribution in [0, 0.1) is 20.2 Å². The molecule has 118 valence electrons. The van der Waals surface area contributed by atoms with Gasteiger partial charge in [0.05, 0.1) is 31.9 Å². The van der Waals surface area contributed by atoms with E-state index in [0.29, 0.717) is 33.7 Å². The van der Waals surface area contributed by atoms with Gasteiger partial charge in [-0.2, -0.15) is 0 Å². The van der Waals surface area contributed by atoms with Crippen LogP contribution in [0.15, 0.2) is 36.4 Å². The Morgan fingerprint density at radius 3 is 1.54 bits per heavy atom. The van der Waals surface area contributed by atoms with Gasteiger partial charge < -0.3 is 9.97 Å². The molecule has 2 aromatic carbocycles. The highest BCUT2D eigenvalue weighted by Gasteiger charge is 2.14. The van der Waals surface area contributed by atoms with E-state index >= 15 is 0 Å². The number of hydrogen-bond donors (Lipinski definition) is 2. The van der Waals surface area contributed by atoms with E-state index in [2.05, 4.69) is 19.9 Å². The molecule has 0 fully saturated rings. The number of nitro groups is 2. The van der Waals surface area contributed by atoms with Crippen LogP contribution in [-0.2, 0) is 0 Å². The van der Waals surface area contributed by atoms with Gasteiger partial charge in [0.25, 0.3) is 11.4 Å². The SMILES string of the molecule is O=[N+]([O-])c1ccc2nc(-c3nc4ccc([N+](=O)[O-])cc4[nH]3)[nH]c2c1. The van der Waals surface area contributed by atoms with Crippen LogP contribution in [-0.4, -0.2) is 29.8 Å². The molecule has 0 saturated carbocycles. The fourth-order valence-corrected chi connectivity index (χ4v) is 2.45. The standard InChI is InChI=1S/C14H8N6O4/c21-19(22)7-1-3-9-11(5-7)17-13(15-9)14-16-10-4-2-8(20(23)24)6-12(10)18-14/h1-6H,(H,15,17)(H,16,18). The maximum atomic E-state index is 10.8. The summed E-state index contributed by atoms with van der Waals surface area (Å²) < 4.78 is 0. The Labute approximate surface area is 132 Å². The molecule has 0 bridgehead atoms. The number of aromatic amines is 2. The number of H-pyrrole nitrogens is 2. The highest BCUT2D eigenvalue weighted by Crippen LogP contribution is 2.25. The van der Waals surface area contributed by atoms with Crippen molar-refractivity contribution < 1.29 is 9.85 Å². The van der Waals surface area contributed by atoms with Crippen LogP contribution >= 0.6 is 0 Å². The zero-order valence-corrected chi connectivity index (χ0v) is 11.9. The van der Waals surface area contributed by atoms with Crippen molar-refractivity contribution >= 4 is 33.4 Å². The molecule has 0 aliphatic carbocycles. The summed E-state index contributed by atoms with van der Waals surface area (Å²) >= 11 is 0. The number of benzene rings is 2. The molecule has 2 aromatic heterocycles. The van der Waals surface area contributed by atoms with E-state index in [-0.39, 0.29) is 11.4 Å². The van der Waals surface area contributed by atoms with Crippen molar-refractivity contribution in [2.45, 2.75) is 0 Å². The summed E-state index contributed by atoms with van der Waals surface area (Å²) in [6, 6.07) is 8.60. The zero-order chi connectivity index (χ0) is 16.8. The Hall–Kier alpha value is -3.82. The first kappa shape index (κ1) is 13.8. The predicted molar refractivity (Wildman–Crippen MR) is 84.5 cm³/mol. The van der Waals surface area contributed by atoms with Crippen molar-refractivity contribution in [3.8, 4) is 11.6 Å². The second-order valence-corrected chi connectivity index (χ2v) is 5.09. The topological polar surface area (TPSA) is 144 Å². The molecule has 10 heteroatoms. The van der Waals surface area contributed by atoms with Gasteiger partial charge in [0.15, 0.2) is 11.6 Å². The molecular weight excluding hydrogens is 316 g/mol. The van der Waals surface area contributed by atoms with Crippen LogP contribution in [0.1, 0.15) is 0 Å². The molecule has 0 unspecified atom stereocenters. The quantitative estimate of drug-likeness (QED) is 0.438. The molecule has 4 aromatic rings. The van der Waals surface area contributed by atoms with E-state index in [9.17, 15) is 20.2 Å². The predicted octanol–water partition coefficient (Wildman–Crippen LogP) is 2.92. The number of nitrogens with zero attached hydrogens (tertiary/aromatic N) is 4. The molecule has 24 heavy (non-hydrogen) atoms. The maximum absolute atomic E-state index is 10.8. The van der Waals surface area contributed by atoms with Crippen LogP contribution in [0.4, 0.5) is 11.4 Å². The molecule has 0 atom stereocenters. The Balaban J connectivity index is 1.82. The van der Waals surface area contributed by atoms with Gasteiger partial charge in [-0.15, -0.1) is 0 Å². The van der Waals surface area contributed by atoms with E-state index in [1.807, 2.05) is 0 Å². The fourth-order valence-electron chi connectivity index (χ4n) is 2.45. The third-order valence-corrected chi connectivity index (χ3v) is 3.58. The normalized spacial score (nSPS) is 11.2. The van der Waals surface area contributed by atoms with Crippen LogP contribution in [0.3, 0.4) is 0 Å². The van der Waals surface area contributed by atoms with Crippen molar-refractivity contribution in [2.75, 3.05) is 0 Å². The molecule has 10 nitrogen and oxygen atoms in total. The van der Waals surface area contributed by atoms with Crippen molar-refractivity contribution in [1.29, 1.82) is 0 Å². The van der Waals surface area contributed by atoms with Crippen LogP contribution in [0.25, 0.3) is 33.7 Å². The van der Waals surface area contributed by atoms with E-state index in [4.69, 9.17) is 0 Å². The minimum absolute atomic E-state index is 0.0436. The Bertz CT molecular complexity index is 1040. The number of imidazole rings is 2. The molecule has 2 heterocycles. The number of rotatable bonds is 3. The van der Waals surface area contributed by atoms with Gasteiger partial charge in [0.1, 0.15) is 0 Å². The summed E-state index contributed by atoms with van der Waals surface area (Å²) in [6.45, 7) is 0. The highest BCUT2D eigenvalue weighted by atomic mass is 16.6. The summed E-state index contributed by atoms with van der Waals surface area (Å²) in [5.74, 6) is 0.786. The van der Waals surface area contributed by atoms with Gasteiger partial charge in [0.2, 0.25) is 0 Å². The third-order valence-electron chi connectivity index (χ3n) is 3.58. The monoisotopic (exact) mass is 324 g/mol. The lowest BCUT2D eigenvalue weighted by Gasteiger charge is -1.89. The Kier molecular flexibility index (Phi) is 2.79. The average Bonchev–Trinajstić information content (AvgIpc) is 3.16. The summed E-state index contributed by atoms with van der Waals surface area (Å²) in [6.07, 6.45) is 0. The first-order chi connectivity index (χ1) is 11.5. The Morgan fingerprint density at radius 1 is 0.750 bits per heavy atom. The van der Waals surface area contributed by atoms with Gasteiger partial charge in [0, 0.05) is 24.3 Å². The molecule has 0 radical (unpaired) electrons. The summed E-state index contributed by atoms with van der Waals surface area (Å²) in [7, 11) is 0. The number of nitrogens with one attached hydrogen (secondary N) is 2. The molecule has 0 amide bonds. The second-order valence-electron chi connectivity index (χ2n) is 5.09. The average molecular weight is 324 g/mol. The van der Waals surface area contributed by atoms with Crippen LogP contribution < -0.4 is 0 Å². The van der Waals surface area contributed by atoms with Crippen molar-refractivity contribution in [1.82, 2.24) is 19.9 Å². The third kappa shape index (κ3) is 2.13. The second kappa shape index (κ2) is 4.84. The Morgan fingerprint density at radius 2 is 1.17 bits per heavy atom. The van der Waals surface area contributed by atoms with Gasteiger partial charge in [-0.05, 0) is 12.1 Å². The van der Waals surface area contributed by atoms with E-state index < -0.39 is 9.85 Å². The maximum Gasteiger partial charge on any atom is 0.271 e. The summed E-state index contributed by atoms with van der Waals surface area (Å²) in [5.41, 5.74) is 2.04. The largest absolute Gasteiger partial charge is 0.335 e. The number of aromatic nitrogens is 4. The molecule has 0 aliphatic heterocycles. The van der Waals surface area contributed by atoms with Crippen LogP contribution in [0.2, 0.25) is 0 Å². The van der Waals surface area contributed by atoms with Crippen molar-refractivity contribution in [3.63, 3.8) is 0 Å². The lowest BCUT2D eigenvalue weighted by atomic mass is 10.3. The number of fused-ring (bicyclic) bond motifs is 2. The molecular formula is C14H8N6O4. The number of hydrogen-bond acceptors (Lipinski definition) is 6. The summed E-state index contributed by atoms with van der Waals surface area (Å²) in [4.78, 5) is 35.3.